The molecule has 0 saturated heterocycles. The summed E-state index contributed by atoms with van der Waals surface area (Å²) in [6.45, 7) is 1.09. The molecule has 0 bridgehead atoms. The van der Waals surface area contributed by atoms with E-state index in [1.165, 1.54) is 69.8 Å². The number of rotatable bonds is 15. The van der Waals surface area contributed by atoms with Crippen LogP contribution in [-0.4, -0.2) is 66.7 Å². The van der Waals surface area contributed by atoms with Crippen molar-refractivity contribution in [2.45, 2.75) is 38.5 Å². The van der Waals surface area contributed by atoms with Crippen molar-refractivity contribution in [1.29, 1.82) is 0 Å². The standard InChI is InChI=1S/C34H35ClN5O11P/c1-19(32(42)43)40-52(46,18-47-2)51-22-8-4-20(5-9-22)17-49-34(45)39-31(41)25-15-24-28(16-30(25)48-3)36-13-12-29(24)50-23-10-11-27(26(35)14-23)38-33(44)37-21-6-7-21/h4-5,8-16,19,21H,6-7,17-18H2,1-3H3,(H,40,46)(H,42,43)(H2,37,38,44)(H,39,41,45). The average Bonchev–Trinajstić information content (AvgIpc) is 3.92. The second kappa shape index (κ2) is 16.7. The largest absolute Gasteiger partial charge is 0.496 e. The highest BCUT2D eigenvalue weighted by atomic mass is 35.5. The number of benzene rings is 3. The van der Waals surface area contributed by atoms with Crippen molar-refractivity contribution in [2.24, 2.45) is 0 Å². The Labute approximate surface area is 302 Å². The number of ether oxygens (including phenoxy) is 4. The molecule has 2 unspecified atom stereocenters. The number of carboxylic acid groups (broad SMARTS) is 1. The topological polar surface area (TPSA) is 213 Å². The number of nitrogens with one attached hydrogen (secondary N) is 4. The highest BCUT2D eigenvalue weighted by Crippen LogP contribution is 2.43. The van der Waals surface area contributed by atoms with Crippen LogP contribution in [0.25, 0.3) is 10.9 Å². The van der Waals surface area contributed by atoms with Gasteiger partial charge in [0.15, 0.2) is 0 Å². The van der Waals surface area contributed by atoms with Crippen LogP contribution in [-0.2, 0) is 25.4 Å². The van der Waals surface area contributed by atoms with Crippen LogP contribution >= 0.6 is 19.1 Å². The van der Waals surface area contributed by atoms with Gasteiger partial charge in [-0.1, -0.05) is 23.7 Å². The summed E-state index contributed by atoms with van der Waals surface area (Å²) in [5.41, 5.74) is 1.34. The summed E-state index contributed by atoms with van der Waals surface area (Å²) in [6, 6.07) is 14.0. The van der Waals surface area contributed by atoms with Crippen LogP contribution in [0.15, 0.2) is 66.9 Å². The Kier molecular flexibility index (Phi) is 12.2. The average molecular weight is 756 g/mol. The lowest BCUT2D eigenvalue weighted by Gasteiger charge is -2.22. The molecular formula is C34H35ClN5O11P. The third-order valence-electron chi connectivity index (χ3n) is 7.42. The Balaban J connectivity index is 1.22. The molecule has 274 valence electrons. The molecule has 2 atom stereocenters. The first-order valence-corrected chi connectivity index (χ1v) is 17.9. The quantitative estimate of drug-likeness (QED) is 0.0847. The summed E-state index contributed by atoms with van der Waals surface area (Å²) < 4.78 is 40.2. The number of halogens is 1. The van der Waals surface area contributed by atoms with Gasteiger partial charge in [0.25, 0.3) is 5.91 Å². The van der Waals surface area contributed by atoms with Crippen LogP contribution in [0.2, 0.25) is 5.02 Å². The van der Waals surface area contributed by atoms with Crippen molar-refractivity contribution in [3.05, 3.63) is 83.0 Å². The number of hydrogen-bond acceptors (Lipinski definition) is 11. The lowest BCUT2D eigenvalue weighted by molar-refractivity contribution is -0.138. The molecule has 0 spiro atoms. The van der Waals surface area contributed by atoms with Crippen LogP contribution in [0.3, 0.4) is 0 Å². The first kappa shape index (κ1) is 37.8. The predicted octanol–water partition coefficient (Wildman–Crippen LogP) is 6.28. The molecule has 0 aliphatic heterocycles. The second-order valence-electron chi connectivity index (χ2n) is 11.5. The van der Waals surface area contributed by atoms with Crippen LogP contribution in [0, 0.1) is 0 Å². The van der Waals surface area contributed by atoms with E-state index in [1.54, 1.807) is 18.2 Å². The summed E-state index contributed by atoms with van der Waals surface area (Å²) >= 11 is 6.41. The number of carbonyl (C=O) groups excluding carboxylic acids is 3. The maximum absolute atomic E-state index is 13.2. The number of hydrogen-bond donors (Lipinski definition) is 5. The Morgan fingerprint density at radius 3 is 2.38 bits per heavy atom. The minimum absolute atomic E-state index is 0.00290. The lowest BCUT2D eigenvalue weighted by Crippen LogP contribution is -2.33. The van der Waals surface area contributed by atoms with Crippen molar-refractivity contribution >= 4 is 59.7 Å². The smallest absolute Gasteiger partial charge is 0.414 e. The van der Waals surface area contributed by atoms with Crippen molar-refractivity contribution in [2.75, 3.05) is 25.9 Å². The van der Waals surface area contributed by atoms with Crippen molar-refractivity contribution in [3.63, 3.8) is 0 Å². The number of alkyl carbamates (subject to hydrolysis) is 1. The van der Waals surface area contributed by atoms with E-state index in [9.17, 15) is 23.7 Å². The first-order valence-electron chi connectivity index (χ1n) is 15.7. The molecule has 5 rings (SSSR count). The normalized spacial score (nSPS) is 14.0. The molecule has 52 heavy (non-hydrogen) atoms. The van der Waals surface area contributed by atoms with E-state index in [4.69, 9.17) is 40.2 Å². The fourth-order valence-electron chi connectivity index (χ4n) is 4.71. The zero-order valence-corrected chi connectivity index (χ0v) is 29.8. The van der Waals surface area contributed by atoms with E-state index in [0.29, 0.717) is 33.7 Å². The van der Waals surface area contributed by atoms with E-state index < -0.39 is 31.5 Å². The third-order valence-corrected chi connectivity index (χ3v) is 9.62. The molecule has 1 saturated carbocycles. The monoisotopic (exact) mass is 755 g/mol. The molecule has 4 aromatic rings. The summed E-state index contributed by atoms with van der Waals surface area (Å²) in [7, 11) is -1.06. The fourth-order valence-corrected chi connectivity index (χ4v) is 6.62. The summed E-state index contributed by atoms with van der Waals surface area (Å²) in [5, 5.41) is 20.0. The van der Waals surface area contributed by atoms with Gasteiger partial charge in [0.2, 0.25) is 0 Å². The van der Waals surface area contributed by atoms with Crippen LogP contribution < -0.4 is 35.0 Å². The Morgan fingerprint density at radius 2 is 1.73 bits per heavy atom. The van der Waals surface area contributed by atoms with Gasteiger partial charge in [0.05, 0.1) is 28.9 Å². The number of aliphatic carboxylic acids is 1. The number of urea groups is 1. The molecule has 1 aromatic heterocycles. The van der Waals surface area contributed by atoms with Gasteiger partial charge in [-0.2, -0.15) is 0 Å². The number of nitrogens with zero attached hydrogens (tertiary/aromatic N) is 1. The van der Waals surface area contributed by atoms with Crippen LogP contribution in [0.1, 0.15) is 35.7 Å². The number of carboxylic acids is 1. The molecule has 5 N–H and O–H groups in total. The number of amides is 4. The van der Waals surface area contributed by atoms with Gasteiger partial charge in [-0.05, 0) is 61.7 Å². The van der Waals surface area contributed by atoms with Crippen LogP contribution in [0.5, 0.6) is 23.0 Å². The van der Waals surface area contributed by atoms with Gasteiger partial charge in [-0.15, -0.1) is 0 Å². The molecule has 18 heteroatoms. The third kappa shape index (κ3) is 10.1. The summed E-state index contributed by atoms with van der Waals surface area (Å²) in [6.07, 6.45) is 1.99. The summed E-state index contributed by atoms with van der Waals surface area (Å²) in [5.74, 6) is -1.07. The maximum Gasteiger partial charge on any atom is 0.414 e. The maximum atomic E-state index is 13.2. The molecular weight excluding hydrogens is 721 g/mol. The van der Waals surface area contributed by atoms with Gasteiger partial charge < -0.3 is 39.2 Å². The lowest BCUT2D eigenvalue weighted by atomic mass is 10.1. The molecule has 1 aliphatic rings. The Bertz CT molecular complexity index is 2030. The fraction of sp³-hybridized carbons (Fsp3) is 0.265. The van der Waals surface area contributed by atoms with Crippen molar-refractivity contribution in [1.82, 2.24) is 20.7 Å². The molecule has 3 aromatic carbocycles. The number of imide groups is 1. The molecule has 1 aliphatic carbocycles. The van der Waals surface area contributed by atoms with Crippen molar-refractivity contribution in [3.8, 4) is 23.0 Å². The van der Waals surface area contributed by atoms with Gasteiger partial charge in [-0.25, -0.2) is 14.7 Å². The van der Waals surface area contributed by atoms with E-state index >= 15 is 0 Å². The molecule has 0 radical (unpaired) electrons. The summed E-state index contributed by atoms with van der Waals surface area (Å²) in [4.78, 5) is 53.5. The molecule has 1 heterocycles. The minimum atomic E-state index is -3.72. The Hall–Kier alpha value is -5.41. The van der Waals surface area contributed by atoms with Crippen LogP contribution in [0.4, 0.5) is 15.3 Å². The Morgan fingerprint density at radius 1 is 1.00 bits per heavy atom. The van der Waals surface area contributed by atoms with E-state index in [1.807, 2.05) is 0 Å². The van der Waals surface area contributed by atoms with Gasteiger partial charge in [0, 0.05) is 36.9 Å². The first-order chi connectivity index (χ1) is 24.9. The number of anilines is 1. The number of fused-ring (bicyclic) bond motifs is 1. The van der Waals surface area contributed by atoms with Gasteiger partial charge in [0.1, 0.15) is 42.0 Å². The number of methoxy groups -OCH3 is 2. The minimum Gasteiger partial charge on any atom is -0.496 e. The van der Waals surface area contributed by atoms with E-state index in [0.717, 1.165) is 12.8 Å². The van der Waals surface area contributed by atoms with Gasteiger partial charge in [-0.3, -0.25) is 24.5 Å². The number of aromatic nitrogens is 1. The van der Waals surface area contributed by atoms with Crippen molar-refractivity contribution < 1.29 is 52.3 Å². The van der Waals surface area contributed by atoms with E-state index in [-0.39, 0.29) is 47.1 Å². The molecule has 16 nitrogen and oxygen atoms in total. The second-order valence-corrected chi connectivity index (χ2v) is 14.0. The highest BCUT2D eigenvalue weighted by molar-refractivity contribution is 7.57. The predicted molar refractivity (Wildman–Crippen MR) is 189 cm³/mol. The number of carbonyl (C=O) groups is 4. The highest BCUT2D eigenvalue weighted by Gasteiger charge is 2.30. The SMILES string of the molecule is COCP(=O)(NC(C)C(=O)O)Oc1ccc(COC(=O)NC(=O)c2cc3c(Oc4ccc(NC(=O)NC5CC5)c(Cl)c4)ccnc3cc2OC)cc1. The zero-order chi connectivity index (χ0) is 37.4. The molecule has 4 amide bonds. The van der Waals surface area contributed by atoms with E-state index in [2.05, 4.69) is 26.0 Å². The number of pyridine rings is 1. The zero-order valence-electron chi connectivity index (χ0n) is 28.1. The van der Waals surface area contributed by atoms with Gasteiger partial charge >= 0.3 is 25.6 Å². The molecule has 1 fully saturated rings.